The monoisotopic (exact) mass is 585 g/mol. The maximum absolute atomic E-state index is 13.6. The maximum atomic E-state index is 13.6. The Kier molecular flexibility index (Phi) is 11.7. The minimum Gasteiger partial charge on any atom is -0.463 e. The molecule has 43 heavy (non-hydrogen) atoms. The second-order valence-electron chi connectivity index (χ2n) is 11.3. The van der Waals surface area contributed by atoms with Crippen LogP contribution in [0.4, 0.5) is 0 Å². The molecule has 2 aromatic carbocycles. The van der Waals surface area contributed by atoms with Gasteiger partial charge in [0, 0.05) is 30.1 Å². The summed E-state index contributed by atoms with van der Waals surface area (Å²) in [5, 5.41) is 13.8. The first-order chi connectivity index (χ1) is 20.9. The summed E-state index contributed by atoms with van der Waals surface area (Å²) in [5.74, 6) is -1.80. The van der Waals surface area contributed by atoms with E-state index in [1.165, 1.54) is 0 Å². The Hall–Kier alpha value is -4.17. The van der Waals surface area contributed by atoms with Crippen LogP contribution in [0.3, 0.4) is 0 Å². The molecule has 228 valence electrons. The first-order valence-electron chi connectivity index (χ1n) is 15.1. The van der Waals surface area contributed by atoms with Crippen molar-refractivity contribution >= 4 is 28.7 Å². The van der Waals surface area contributed by atoms with Crippen molar-refractivity contribution in [1.29, 1.82) is 0 Å². The predicted octanol–water partition coefficient (Wildman–Crippen LogP) is 4.74. The number of fused-ring (bicyclic) bond motifs is 1. The van der Waals surface area contributed by atoms with Crippen molar-refractivity contribution in [2.24, 2.45) is 11.8 Å². The summed E-state index contributed by atoms with van der Waals surface area (Å²) in [4.78, 5) is 44.9. The zero-order valence-corrected chi connectivity index (χ0v) is 24.8. The SMILES string of the molecule is C=CC[C@H](CC(=O)N1CCC[C@H]1CO)C(=O)N[C@H](COC(=O)[C@@H](CC=C)Cc1ccccc1)Cc1c[nH]c2ccccc12. The number of amides is 2. The number of nitrogens with zero attached hydrogens (tertiary/aromatic N) is 1. The smallest absolute Gasteiger partial charge is 0.309 e. The van der Waals surface area contributed by atoms with Gasteiger partial charge in [0.15, 0.2) is 0 Å². The number of aromatic amines is 1. The Balaban J connectivity index is 1.48. The Morgan fingerprint density at radius 3 is 2.49 bits per heavy atom. The molecule has 0 bridgehead atoms. The predicted molar refractivity (Wildman–Crippen MR) is 168 cm³/mol. The number of likely N-dealkylation sites (tertiary alicyclic amines) is 1. The van der Waals surface area contributed by atoms with Crippen LogP contribution in [0.25, 0.3) is 10.9 Å². The van der Waals surface area contributed by atoms with Gasteiger partial charge < -0.3 is 25.0 Å². The van der Waals surface area contributed by atoms with E-state index in [1.807, 2.05) is 60.8 Å². The molecule has 1 fully saturated rings. The highest BCUT2D eigenvalue weighted by Gasteiger charge is 2.32. The van der Waals surface area contributed by atoms with Crippen molar-refractivity contribution in [1.82, 2.24) is 15.2 Å². The number of carbonyl (C=O) groups is 3. The molecule has 0 unspecified atom stereocenters. The second-order valence-corrected chi connectivity index (χ2v) is 11.3. The summed E-state index contributed by atoms with van der Waals surface area (Å²) in [6, 6.07) is 17.0. The number of allylic oxidation sites excluding steroid dienone is 2. The van der Waals surface area contributed by atoms with Gasteiger partial charge >= 0.3 is 5.97 Å². The molecule has 1 aliphatic heterocycles. The van der Waals surface area contributed by atoms with Crippen LogP contribution in [-0.4, -0.2) is 64.6 Å². The quantitative estimate of drug-likeness (QED) is 0.166. The molecule has 1 aromatic heterocycles. The number of hydrogen-bond acceptors (Lipinski definition) is 5. The highest BCUT2D eigenvalue weighted by molar-refractivity contribution is 5.87. The van der Waals surface area contributed by atoms with Gasteiger partial charge in [0.25, 0.3) is 0 Å². The zero-order chi connectivity index (χ0) is 30.6. The van der Waals surface area contributed by atoms with E-state index in [-0.39, 0.29) is 43.5 Å². The summed E-state index contributed by atoms with van der Waals surface area (Å²) in [6.07, 6.45) is 8.65. The number of hydrogen-bond donors (Lipinski definition) is 3. The Morgan fingerprint density at radius 2 is 1.74 bits per heavy atom. The van der Waals surface area contributed by atoms with Gasteiger partial charge in [0.1, 0.15) is 6.61 Å². The van der Waals surface area contributed by atoms with Gasteiger partial charge in [-0.15, -0.1) is 13.2 Å². The molecule has 2 amide bonds. The lowest BCUT2D eigenvalue weighted by Gasteiger charge is -2.26. The van der Waals surface area contributed by atoms with E-state index in [4.69, 9.17) is 4.74 Å². The van der Waals surface area contributed by atoms with Crippen LogP contribution in [0.2, 0.25) is 0 Å². The van der Waals surface area contributed by atoms with Crippen molar-refractivity contribution in [3.05, 3.63) is 97.2 Å². The molecule has 0 saturated carbocycles. The van der Waals surface area contributed by atoms with Gasteiger partial charge in [-0.1, -0.05) is 60.7 Å². The molecule has 8 heteroatoms. The van der Waals surface area contributed by atoms with Crippen LogP contribution >= 0.6 is 0 Å². The third-order valence-corrected chi connectivity index (χ3v) is 8.18. The fraction of sp³-hybridized carbons (Fsp3) is 0.400. The highest BCUT2D eigenvalue weighted by atomic mass is 16.5. The van der Waals surface area contributed by atoms with E-state index in [9.17, 15) is 19.5 Å². The number of aliphatic hydroxyl groups is 1. The van der Waals surface area contributed by atoms with Gasteiger partial charge in [0.2, 0.25) is 11.8 Å². The summed E-state index contributed by atoms with van der Waals surface area (Å²) in [5.41, 5.74) is 3.00. The van der Waals surface area contributed by atoms with E-state index in [0.717, 1.165) is 34.9 Å². The minimum absolute atomic E-state index is 0.0139. The van der Waals surface area contributed by atoms with Crippen molar-refractivity contribution in [3.63, 3.8) is 0 Å². The zero-order valence-electron chi connectivity index (χ0n) is 24.8. The van der Waals surface area contributed by atoms with E-state index < -0.39 is 17.9 Å². The van der Waals surface area contributed by atoms with Crippen LogP contribution in [0.5, 0.6) is 0 Å². The number of nitrogens with one attached hydrogen (secondary N) is 2. The summed E-state index contributed by atoms with van der Waals surface area (Å²) < 4.78 is 5.85. The lowest BCUT2D eigenvalue weighted by molar-refractivity contribution is -0.149. The fourth-order valence-electron chi connectivity index (χ4n) is 5.87. The van der Waals surface area contributed by atoms with Gasteiger partial charge in [-0.2, -0.15) is 0 Å². The number of ether oxygens (including phenoxy) is 1. The third kappa shape index (κ3) is 8.67. The molecule has 8 nitrogen and oxygen atoms in total. The van der Waals surface area contributed by atoms with E-state index in [1.54, 1.807) is 17.1 Å². The average molecular weight is 586 g/mol. The normalized spacial score (nSPS) is 16.8. The number of carbonyl (C=O) groups excluding carboxylic acids is 3. The standard InChI is InChI=1S/C35H43N3O5/c1-3-11-26(21-33(40)38-18-10-15-30(38)23-39)34(41)37-29(20-28-22-36-32-17-9-8-16-31(28)32)24-43-35(42)27(12-4-2)19-25-13-6-5-7-14-25/h3-9,13-14,16-17,22,26-27,29-30,36,39H,1-2,10-12,15,18-21,23-24H2,(H,37,41)/t26-,27+,29+,30+/m1/s1. The number of benzene rings is 2. The molecule has 3 aromatic rings. The molecule has 4 atom stereocenters. The third-order valence-electron chi connectivity index (χ3n) is 8.18. The topological polar surface area (TPSA) is 112 Å². The molecule has 1 saturated heterocycles. The first-order valence-corrected chi connectivity index (χ1v) is 15.1. The number of rotatable bonds is 16. The van der Waals surface area contributed by atoms with Crippen LogP contribution < -0.4 is 5.32 Å². The summed E-state index contributed by atoms with van der Waals surface area (Å²) >= 11 is 0. The molecule has 0 radical (unpaired) electrons. The average Bonchev–Trinajstić information content (AvgIpc) is 3.67. The Morgan fingerprint density at radius 1 is 1.02 bits per heavy atom. The second kappa shape index (κ2) is 15.9. The summed E-state index contributed by atoms with van der Waals surface area (Å²) in [6.45, 7) is 8.10. The van der Waals surface area contributed by atoms with Crippen LogP contribution in [-0.2, 0) is 32.0 Å². The maximum Gasteiger partial charge on any atom is 0.309 e. The molecular weight excluding hydrogens is 542 g/mol. The summed E-state index contributed by atoms with van der Waals surface area (Å²) in [7, 11) is 0. The van der Waals surface area contributed by atoms with Crippen molar-refractivity contribution < 1.29 is 24.2 Å². The van der Waals surface area contributed by atoms with Crippen molar-refractivity contribution in [2.75, 3.05) is 19.8 Å². The molecule has 4 rings (SSSR count). The minimum atomic E-state index is -0.627. The van der Waals surface area contributed by atoms with Crippen LogP contribution in [0.15, 0.2) is 86.1 Å². The lowest BCUT2D eigenvalue weighted by Crippen LogP contribution is -2.45. The van der Waals surface area contributed by atoms with Gasteiger partial charge in [-0.25, -0.2) is 0 Å². The number of para-hydroxylation sites is 1. The van der Waals surface area contributed by atoms with Crippen molar-refractivity contribution in [3.8, 4) is 0 Å². The Labute approximate surface area is 253 Å². The van der Waals surface area contributed by atoms with Gasteiger partial charge in [-0.3, -0.25) is 14.4 Å². The molecular formula is C35H43N3O5. The number of esters is 1. The molecule has 1 aliphatic rings. The molecule has 0 aliphatic carbocycles. The van der Waals surface area contributed by atoms with Crippen LogP contribution in [0.1, 0.15) is 43.2 Å². The Bertz CT molecular complexity index is 1380. The van der Waals surface area contributed by atoms with E-state index in [2.05, 4.69) is 23.5 Å². The lowest BCUT2D eigenvalue weighted by atomic mass is 9.96. The molecule has 3 N–H and O–H groups in total. The highest BCUT2D eigenvalue weighted by Crippen LogP contribution is 2.23. The van der Waals surface area contributed by atoms with Crippen molar-refractivity contribution in [2.45, 2.75) is 57.0 Å². The number of aliphatic hydroxyl groups excluding tert-OH is 1. The van der Waals surface area contributed by atoms with Crippen LogP contribution in [0, 0.1) is 11.8 Å². The van der Waals surface area contributed by atoms with Gasteiger partial charge in [-0.05, 0) is 55.7 Å². The van der Waals surface area contributed by atoms with E-state index >= 15 is 0 Å². The number of aromatic nitrogens is 1. The van der Waals surface area contributed by atoms with E-state index in [0.29, 0.717) is 32.2 Å². The molecule has 0 spiro atoms. The first kappa shape index (κ1) is 31.8. The van der Waals surface area contributed by atoms with Gasteiger partial charge in [0.05, 0.1) is 30.5 Å². The number of H-pyrrole nitrogens is 1. The largest absolute Gasteiger partial charge is 0.463 e. The fourth-order valence-corrected chi connectivity index (χ4v) is 5.87. The molecule has 2 heterocycles.